The molecule has 0 aromatic heterocycles. The minimum absolute atomic E-state index is 0.105. The van der Waals surface area contributed by atoms with Crippen molar-refractivity contribution in [1.29, 1.82) is 0 Å². The number of hydrogen-bond donors (Lipinski definition) is 2. The molecule has 0 radical (unpaired) electrons. The van der Waals surface area contributed by atoms with E-state index in [9.17, 15) is 9.59 Å². The molecule has 2 aromatic rings. The Balaban J connectivity index is 1.62. The summed E-state index contributed by atoms with van der Waals surface area (Å²) in [5.41, 5.74) is 4.63. The quantitative estimate of drug-likeness (QED) is 0.859. The molecule has 136 valence electrons. The average Bonchev–Trinajstić information content (AvgIpc) is 3.35. The SMILES string of the molecule is COc1ccc(C)cc1NC(=O)C1CC1C(=O)Nc1cc(C)cc(C)c1. The lowest BCUT2D eigenvalue weighted by atomic mass is 10.1. The summed E-state index contributed by atoms with van der Waals surface area (Å²) in [7, 11) is 1.57. The van der Waals surface area contributed by atoms with Crippen molar-refractivity contribution in [1.82, 2.24) is 0 Å². The summed E-state index contributed by atoms with van der Waals surface area (Å²) in [5, 5.41) is 5.81. The van der Waals surface area contributed by atoms with Gasteiger partial charge in [0.2, 0.25) is 11.8 Å². The molecule has 0 heterocycles. The number of nitrogens with one attached hydrogen (secondary N) is 2. The van der Waals surface area contributed by atoms with Crippen LogP contribution in [0.2, 0.25) is 0 Å². The highest BCUT2D eigenvalue weighted by atomic mass is 16.5. The minimum atomic E-state index is -0.300. The van der Waals surface area contributed by atoms with Crippen molar-refractivity contribution in [2.75, 3.05) is 17.7 Å². The second kappa shape index (κ2) is 7.20. The molecule has 2 aromatic carbocycles. The molecule has 26 heavy (non-hydrogen) atoms. The summed E-state index contributed by atoms with van der Waals surface area (Å²) in [5.74, 6) is -0.223. The second-order valence-corrected chi connectivity index (χ2v) is 7.01. The first-order valence-corrected chi connectivity index (χ1v) is 8.72. The van der Waals surface area contributed by atoms with Gasteiger partial charge in [0.05, 0.1) is 24.6 Å². The van der Waals surface area contributed by atoms with Crippen molar-refractivity contribution < 1.29 is 14.3 Å². The maximum Gasteiger partial charge on any atom is 0.228 e. The lowest BCUT2D eigenvalue weighted by molar-refractivity contribution is -0.122. The fraction of sp³-hybridized carbons (Fsp3) is 0.333. The van der Waals surface area contributed by atoms with Crippen LogP contribution in [0, 0.1) is 32.6 Å². The van der Waals surface area contributed by atoms with Crippen LogP contribution < -0.4 is 15.4 Å². The highest BCUT2D eigenvalue weighted by molar-refractivity contribution is 6.03. The van der Waals surface area contributed by atoms with Gasteiger partial charge in [-0.3, -0.25) is 9.59 Å². The number of amides is 2. The van der Waals surface area contributed by atoms with Crippen LogP contribution in [-0.4, -0.2) is 18.9 Å². The van der Waals surface area contributed by atoms with Crippen LogP contribution in [0.25, 0.3) is 0 Å². The van der Waals surface area contributed by atoms with Crippen LogP contribution in [0.5, 0.6) is 5.75 Å². The Bertz CT molecular complexity index is 840. The van der Waals surface area contributed by atoms with Gasteiger partial charge in [0.15, 0.2) is 0 Å². The van der Waals surface area contributed by atoms with Crippen LogP contribution in [0.15, 0.2) is 36.4 Å². The first-order valence-electron chi connectivity index (χ1n) is 8.72. The van der Waals surface area contributed by atoms with Gasteiger partial charge in [-0.1, -0.05) is 12.1 Å². The number of aryl methyl sites for hydroxylation is 3. The normalized spacial score (nSPS) is 18.2. The molecule has 0 spiro atoms. The Morgan fingerprint density at radius 3 is 2.12 bits per heavy atom. The maximum absolute atomic E-state index is 12.5. The van der Waals surface area contributed by atoms with Crippen molar-refractivity contribution >= 4 is 23.2 Å². The summed E-state index contributed by atoms with van der Waals surface area (Å²) in [6, 6.07) is 11.5. The van der Waals surface area contributed by atoms with E-state index < -0.39 is 0 Å². The van der Waals surface area contributed by atoms with Gasteiger partial charge in [0.25, 0.3) is 0 Å². The van der Waals surface area contributed by atoms with E-state index in [1.807, 2.05) is 51.1 Å². The Morgan fingerprint density at radius 2 is 1.50 bits per heavy atom. The molecular formula is C21H24N2O3. The number of anilines is 2. The molecule has 2 amide bonds. The largest absolute Gasteiger partial charge is 0.495 e. The minimum Gasteiger partial charge on any atom is -0.495 e. The summed E-state index contributed by atoms with van der Waals surface area (Å²) < 4.78 is 5.28. The lowest BCUT2D eigenvalue weighted by Gasteiger charge is -2.11. The molecule has 5 heteroatoms. The van der Waals surface area contributed by atoms with E-state index in [0.717, 1.165) is 22.4 Å². The van der Waals surface area contributed by atoms with Gasteiger partial charge >= 0.3 is 0 Å². The zero-order chi connectivity index (χ0) is 18.8. The van der Waals surface area contributed by atoms with E-state index in [2.05, 4.69) is 16.7 Å². The number of rotatable bonds is 5. The van der Waals surface area contributed by atoms with Crippen molar-refractivity contribution in [3.63, 3.8) is 0 Å². The number of methoxy groups -OCH3 is 1. The molecule has 2 atom stereocenters. The average molecular weight is 352 g/mol. The van der Waals surface area contributed by atoms with Crippen LogP contribution in [-0.2, 0) is 9.59 Å². The van der Waals surface area contributed by atoms with Gasteiger partial charge in [-0.05, 0) is 68.1 Å². The van der Waals surface area contributed by atoms with Crippen LogP contribution in [0.3, 0.4) is 0 Å². The fourth-order valence-corrected chi connectivity index (χ4v) is 3.20. The van der Waals surface area contributed by atoms with Crippen molar-refractivity contribution in [2.24, 2.45) is 11.8 Å². The zero-order valence-electron chi connectivity index (χ0n) is 15.6. The third kappa shape index (κ3) is 4.04. The predicted octanol–water partition coefficient (Wildman–Crippen LogP) is 3.83. The van der Waals surface area contributed by atoms with Crippen molar-refractivity contribution in [2.45, 2.75) is 27.2 Å². The third-order valence-electron chi connectivity index (χ3n) is 4.57. The van der Waals surface area contributed by atoms with E-state index in [4.69, 9.17) is 4.74 Å². The summed E-state index contributed by atoms with van der Waals surface area (Å²) in [6.07, 6.45) is 0.566. The second-order valence-electron chi connectivity index (χ2n) is 7.01. The molecule has 0 aliphatic heterocycles. The Morgan fingerprint density at radius 1 is 0.885 bits per heavy atom. The third-order valence-corrected chi connectivity index (χ3v) is 4.57. The van der Waals surface area contributed by atoms with Crippen molar-refractivity contribution in [3.05, 3.63) is 53.1 Å². The topological polar surface area (TPSA) is 67.4 Å². The van der Waals surface area contributed by atoms with E-state index in [1.54, 1.807) is 7.11 Å². The number of carbonyl (C=O) groups excluding carboxylic acids is 2. The van der Waals surface area contributed by atoms with E-state index in [-0.39, 0.29) is 23.7 Å². The lowest BCUT2D eigenvalue weighted by Crippen LogP contribution is -2.21. The first-order chi connectivity index (χ1) is 12.4. The molecule has 5 nitrogen and oxygen atoms in total. The Kier molecular flexibility index (Phi) is 4.98. The molecule has 2 unspecified atom stereocenters. The molecule has 2 N–H and O–H groups in total. The molecule has 0 bridgehead atoms. The summed E-state index contributed by atoms with van der Waals surface area (Å²) in [4.78, 5) is 24.9. The first kappa shape index (κ1) is 18.0. The molecule has 0 saturated heterocycles. The van der Waals surface area contributed by atoms with Gasteiger partial charge in [-0.2, -0.15) is 0 Å². The van der Waals surface area contributed by atoms with E-state index in [0.29, 0.717) is 17.9 Å². The van der Waals surface area contributed by atoms with Gasteiger partial charge < -0.3 is 15.4 Å². The molecular weight excluding hydrogens is 328 g/mol. The van der Waals surface area contributed by atoms with Gasteiger partial charge in [0.1, 0.15) is 5.75 Å². The smallest absolute Gasteiger partial charge is 0.228 e. The molecule has 1 aliphatic rings. The highest BCUT2D eigenvalue weighted by Crippen LogP contribution is 2.41. The van der Waals surface area contributed by atoms with E-state index in [1.165, 1.54) is 0 Å². The monoisotopic (exact) mass is 352 g/mol. The number of hydrogen-bond acceptors (Lipinski definition) is 3. The molecule has 1 fully saturated rings. The van der Waals surface area contributed by atoms with Crippen LogP contribution in [0.4, 0.5) is 11.4 Å². The fourth-order valence-electron chi connectivity index (χ4n) is 3.20. The predicted molar refractivity (Wildman–Crippen MR) is 103 cm³/mol. The number of ether oxygens (including phenoxy) is 1. The molecule has 3 rings (SSSR count). The van der Waals surface area contributed by atoms with Gasteiger partial charge in [-0.25, -0.2) is 0 Å². The van der Waals surface area contributed by atoms with Crippen LogP contribution >= 0.6 is 0 Å². The summed E-state index contributed by atoms with van der Waals surface area (Å²) >= 11 is 0. The number of carbonyl (C=O) groups is 2. The van der Waals surface area contributed by atoms with E-state index >= 15 is 0 Å². The standard InChI is InChI=1S/C21H24N2O3/c1-12-5-6-19(26-4)18(10-12)23-21(25)17-11-16(17)20(24)22-15-8-13(2)7-14(3)9-15/h5-10,16-17H,11H2,1-4H3,(H,22,24)(H,23,25). The summed E-state index contributed by atoms with van der Waals surface area (Å²) in [6.45, 7) is 5.93. The van der Waals surface area contributed by atoms with Gasteiger partial charge in [-0.15, -0.1) is 0 Å². The Labute approximate surface area is 153 Å². The van der Waals surface area contributed by atoms with Crippen molar-refractivity contribution in [3.8, 4) is 5.75 Å². The molecule has 1 aliphatic carbocycles. The van der Waals surface area contributed by atoms with Crippen LogP contribution in [0.1, 0.15) is 23.1 Å². The zero-order valence-corrected chi connectivity index (χ0v) is 15.6. The molecule has 1 saturated carbocycles. The Hall–Kier alpha value is -2.82. The maximum atomic E-state index is 12.5. The number of benzene rings is 2. The van der Waals surface area contributed by atoms with Gasteiger partial charge in [0, 0.05) is 5.69 Å². The highest BCUT2D eigenvalue weighted by Gasteiger charge is 2.48.